The molecule has 0 aliphatic carbocycles. The first kappa shape index (κ1) is 24.8. The van der Waals surface area contributed by atoms with Crippen LogP contribution in [0.5, 0.6) is 0 Å². The summed E-state index contributed by atoms with van der Waals surface area (Å²) in [6.45, 7) is 5.82. The Morgan fingerprint density at radius 1 is 1.05 bits per heavy atom. The molecule has 4 aromatic rings. The van der Waals surface area contributed by atoms with Crippen LogP contribution in [0.15, 0.2) is 60.8 Å². The lowest BCUT2D eigenvalue weighted by Gasteiger charge is -2.39. The van der Waals surface area contributed by atoms with Crippen molar-refractivity contribution in [2.45, 2.75) is 13.1 Å². The third-order valence-corrected chi connectivity index (χ3v) is 8.45. The summed E-state index contributed by atoms with van der Waals surface area (Å²) in [6.07, 6.45) is 1.81. The van der Waals surface area contributed by atoms with Gasteiger partial charge in [0.1, 0.15) is 0 Å². The minimum Gasteiger partial charge on any atom is -0.380 e. The van der Waals surface area contributed by atoms with Crippen LogP contribution in [-0.2, 0) is 22.6 Å². The average molecular weight is 529 g/mol. The second kappa shape index (κ2) is 11.1. The van der Waals surface area contributed by atoms with Gasteiger partial charge >= 0.3 is 0 Å². The highest BCUT2D eigenvalue weighted by atomic mass is 32.1. The van der Waals surface area contributed by atoms with Gasteiger partial charge < -0.3 is 25.2 Å². The molecule has 2 aliphatic heterocycles. The first-order chi connectivity index (χ1) is 18.7. The van der Waals surface area contributed by atoms with Crippen molar-refractivity contribution in [3.63, 3.8) is 0 Å². The van der Waals surface area contributed by atoms with Crippen LogP contribution in [0.1, 0.15) is 10.4 Å². The van der Waals surface area contributed by atoms with Gasteiger partial charge in [0.15, 0.2) is 0 Å². The fraction of sp³-hybridized carbons (Fsp3) is 0.345. The number of thiophene rings is 1. The standard InChI is InChI=1S/C29H32N6O2S/c1-30-15-20-4-2-3-5-24(20)28-9-7-23(38-28)16-31-27-17-32-33-26-8-6-22(14-25(26)27)34-10-12-35(13-11-34)29(36)21-18-37-19-21/h2-9,14,17,21,30H,10-13,15-16,18-19H2,1H3,(H,31,33). The molecule has 2 fully saturated rings. The first-order valence-electron chi connectivity index (χ1n) is 13.1. The van der Waals surface area contributed by atoms with Gasteiger partial charge in [0.05, 0.1) is 36.5 Å². The molecule has 0 bridgehead atoms. The monoisotopic (exact) mass is 528 g/mol. The van der Waals surface area contributed by atoms with Crippen LogP contribution in [0.2, 0.25) is 0 Å². The Labute approximate surface area is 226 Å². The third kappa shape index (κ3) is 5.09. The highest BCUT2D eigenvalue weighted by molar-refractivity contribution is 7.15. The number of carbonyl (C=O) groups is 1. The number of nitrogens with zero attached hydrogens (tertiary/aromatic N) is 4. The van der Waals surface area contributed by atoms with Gasteiger partial charge in [-0.15, -0.1) is 11.3 Å². The smallest absolute Gasteiger partial charge is 0.230 e. The van der Waals surface area contributed by atoms with Crippen molar-refractivity contribution in [2.75, 3.05) is 56.7 Å². The van der Waals surface area contributed by atoms with Crippen LogP contribution in [-0.4, -0.2) is 67.4 Å². The lowest BCUT2D eigenvalue weighted by atomic mass is 10.1. The molecule has 38 heavy (non-hydrogen) atoms. The topological polar surface area (TPSA) is 82.6 Å². The number of rotatable bonds is 8. The number of hydrogen-bond acceptors (Lipinski definition) is 8. The van der Waals surface area contributed by atoms with Gasteiger partial charge in [-0.05, 0) is 48.5 Å². The van der Waals surface area contributed by atoms with E-state index >= 15 is 0 Å². The minimum atomic E-state index is 0.0527. The van der Waals surface area contributed by atoms with Crippen molar-refractivity contribution >= 4 is 39.5 Å². The van der Waals surface area contributed by atoms with Crippen molar-refractivity contribution in [3.05, 3.63) is 71.2 Å². The normalized spacial score (nSPS) is 16.0. The summed E-state index contributed by atoms with van der Waals surface area (Å²) in [4.78, 5) is 19.4. The number of fused-ring (bicyclic) bond motifs is 1. The van der Waals surface area contributed by atoms with E-state index in [0.29, 0.717) is 13.2 Å². The summed E-state index contributed by atoms with van der Waals surface area (Å²) in [7, 11) is 1.98. The lowest BCUT2D eigenvalue weighted by Crippen LogP contribution is -2.53. The number of anilines is 2. The number of hydrogen-bond donors (Lipinski definition) is 2. The Balaban J connectivity index is 1.15. The summed E-state index contributed by atoms with van der Waals surface area (Å²) in [5.74, 6) is 0.287. The molecule has 9 heteroatoms. The summed E-state index contributed by atoms with van der Waals surface area (Å²) in [5, 5.41) is 16.5. The molecule has 0 atom stereocenters. The molecular formula is C29H32N6O2S. The van der Waals surface area contributed by atoms with Gasteiger partial charge in [0, 0.05) is 60.1 Å². The fourth-order valence-corrected chi connectivity index (χ4v) is 6.12. The molecule has 1 amide bonds. The van der Waals surface area contributed by atoms with Gasteiger partial charge in [0.2, 0.25) is 5.91 Å². The number of nitrogens with one attached hydrogen (secondary N) is 2. The van der Waals surface area contributed by atoms with E-state index in [0.717, 1.165) is 61.5 Å². The van der Waals surface area contributed by atoms with E-state index in [2.05, 4.69) is 74.3 Å². The van der Waals surface area contributed by atoms with Crippen molar-refractivity contribution < 1.29 is 9.53 Å². The minimum absolute atomic E-state index is 0.0527. The van der Waals surface area contributed by atoms with Crippen LogP contribution < -0.4 is 15.5 Å². The van der Waals surface area contributed by atoms with E-state index in [9.17, 15) is 4.79 Å². The molecule has 2 saturated heterocycles. The van der Waals surface area contributed by atoms with Crippen LogP contribution in [0, 0.1) is 5.92 Å². The van der Waals surface area contributed by atoms with Gasteiger partial charge in [-0.2, -0.15) is 10.2 Å². The van der Waals surface area contributed by atoms with Crippen molar-refractivity contribution in [1.29, 1.82) is 0 Å². The number of piperazine rings is 1. The fourth-order valence-electron chi connectivity index (χ4n) is 5.11. The average Bonchev–Trinajstić information content (AvgIpc) is 3.40. The maximum atomic E-state index is 12.6. The lowest BCUT2D eigenvalue weighted by molar-refractivity contribution is -0.150. The Hall–Kier alpha value is -3.53. The zero-order valence-corrected chi connectivity index (χ0v) is 22.3. The molecule has 196 valence electrons. The molecule has 2 N–H and O–H groups in total. The number of carbonyl (C=O) groups excluding carboxylic acids is 1. The number of amides is 1. The van der Waals surface area contributed by atoms with Crippen LogP contribution in [0.25, 0.3) is 21.3 Å². The summed E-state index contributed by atoms with van der Waals surface area (Å²) in [6, 6.07) is 19.3. The largest absolute Gasteiger partial charge is 0.380 e. The molecule has 0 spiro atoms. The van der Waals surface area contributed by atoms with E-state index in [1.165, 1.54) is 20.9 Å². The van der Waals surface area contributed by atoms with Gasteiger partial charge in [-0.3, -0.25) is 4.79 Å². The Bertz CT molecular complexity index is 1430. The molecule has 0 unspecified atom stereocenters. The number of aromatic nitrogens is 2. The second-order valence-corrected chi connectivity index (χ2v) is 11.0. The molecule has 0 saturated carbocycles. The maximum absolute atomic E-state index is 12.6. The van der Waals surface area contributed by atoms with Crippen LogP contribution >= 0.6 is 11.3 Å². The molecule has 2 aromatic heterocycles. The molecule has 2 aliphatic rings. The van der Waals surface area contributed by atoms with Gasteiger partial charge in [-0.25, -0.2) is 0 Å². The van der Waals surface area contributed by atoms with E-state index in [-0.39, 0.29) is 11.8 Å². The zero-order chi connectivity index (χ0) is 25.9. The van der Waals surface area contributed by atoms with Gasteiger partial charge in [0.25, 0.3) is 0 Å². The molecule has 0 radical (unpaired) electrons. The highest BCUT2D eigenvalue weighted by Crippen LogP contribution is 2.32. The predicted octanol–water partition coefficient (Wildman–Crippen LogP) is 3.98. The van der Waals surface area contributed by atoms with Gasteiger partial charge in [-0.1, -0.05) is 24.3 Å². The summed E-state index contributed by atoms with van der Waals surface area (Å²) < 4.78 is 5.20. The zero-order valence-electron chi connectivity index (χ0n) is 21.5. The number of ether oxygens (including phenoxy) is 1. The predicted molar refractivity (Wildman–Crippen MR) is 152 cm³/mol. The Morgan fingerprint density at radius 2 is 1.89 bits per heavy atom. The van der Waals surface area contributed by atoms with Crippen LogP contribution in [0.3, 0.4) is 0 Å². The second-order valence-electron chi connectivity index (χ2n) is 9.81. The Kier molecular flexibility index (Phi) is 7.22. The van der Waals surface area contributed by atoms with Crippen LogP contribution in [0.4, 0.5) is 11.4 Å². The quantitative estimate of drug-likeness (QED) is 0.358. The van der Waals surface area contributed by atoms with Crippen molar-refractivity contribution in [1.82, 2.24) is 20.4 Å². The highest BCUT2D eigenvalue weighted by Gasteiger charge is 2.32. The molecule has 8 nitrogen and oxygen atoms in total. The molecular weight excluding hydrogens is 496 g/mol. The van der Waals surface area contributed by atoms with Crippen molar-refractivity contribution in [2.24, 2.45) is 5.92 Å². The van der Waals surface area contributed by atoms with E-state index < -0.39 is 0 Å². The molecule has 2 aromatic carbocycles. The number of benzene rings is 2. The molecule has 6 rings (SSSR count). The van der Waals surface area contributed by atoms with E-state index in [1.54, 1.807) is 6.20 Å². The molecule has 4 heterocycles. The Morgan fingerprint density at radius 3 is 2.68 bits per heavy atom. The van der Waals surface area contributed by atoms with E-state index in [4.69, 9.17) is 4.74 Å². The van der Waals surface area contributed by atoms with E-state index in [1.807, 2.05) is 29.4 Å². The summed E-state index contributed by atoms with van der Waals surface area (Å²) >= 11 is 1.81. The first-order valence-corrected chi connectivity index (χ1v) is 13.9. The van der Waals surface area contributed by atoms with Crippen molar-refractivity contribution in [3.8, 4) is 10.4 Å². The summed E-state index contributed by atoms with van der Waals surface area (Å²) in [5.41, 5.74) is 5.57. The third-order valence-electron chi connectivity index (χ3n) is 7.33. The maximum Gasteiger partial charge on any atom is 0.230 e. The SMILES string of the molecule is CNCc1ccccc1-c1ccc(CNc2cnnc3ccc(N4CCN(C(=O)C5COC5)CC4)cc23)s1.